The number of hydrogen-bond acceptors (Lipinski definition) is 2. The number of carboxylic acid groups (broad SMARTS) is 1. The molecule has 2 aliphatic rings. The second-order valence-corrected chi connectivity index (χ2v) is 5.42. The second-order valence-electron chi connectivity index (χ2n) is 5.42. The molecule has 0 aromatic carbocycles. The standard InChI is InChI=1S/C12H20F2N2O2/c13-11(14)8-15-3-1-9(2-4-15)5-10-6-16(7-10)12(17)18/h9-11H,1-8H2,(H,17,18). The number of piperidine rings is 1. The highest BCUT2D eigenvalue weighted by atomic mass is 19.3. The van der Waals surface area contributed by atoms with Gasteiger partial charge in [-0.3, -0.25) is 4.90 Å². The first-order chi connectivity index (χ1) is 8.54. The molecule has 2 fully saturated rings. The quantitative estimate of drug-likeness (QED) is 0.842. The molecule has 0 aromatic heterocycles. The van der Waals surface area contributed by atoms with Crippen molar-refractivity contribution in [3.8, 4) is 0 Å². The third-order valence-corrected chi connectivity index (χ3v) is 4.00. The van der Waals surface area contributed by atoms with Crippen molar-refractivity contribution >= 4 is 6.09 Å². The summed E-state index contributed by atoms with van der Waals surface area (Å²) in [6.07, 6.45) is -0.0888. The molecule has 2 aliphatic heterocycles. The van der Waals surface area contributed by atoms with E-state index in [4.69, 9.17) is 5.11 Å². The number of alkyl halides is 2. The summed E-state index contributed by atoms with van der Waals surface area (Å²) in [5, 5.41) is 8.72. The third-order valence-electron chi connectivity index (χ3n) is 4.00. The molecule has 0 spiro atoms. The van der Waals surface area contributed by atoms with E-state index in [1.54, 1.807) is 0 Å². The minimum Gasteiger partial charge on any atom is -0.465 e. The van der Waals surface area contributed by atoms with Gasteiger partial charge in [0, 0.05) is 13.1 Å². The van der Waals surface area contributed by atoms with Gasteiger partial charge >= 0.3 is 6.09 Å². The average Bonchev–Trinajstić information content (AvgIpc) is 2.23. The molecule has 0 radical (unpaired) electrons. The molecule has 1 amide bonds. The van der Waals surface area contributed by atoms with Gasteiger partial charge < -0.3 is 10.0 Å². The van der Waals surface area contributed by atoms with Crippen molar-refractivity contribution in [1.82, 2.24) is 9.80 Å². The van der Waals surface area contributed by atoms with Crippen molar-refractivity contribution in [3.63, 3.8) is 0 Å². The fourth-order valence-corrected chi connectivity index (χ4v) is 2.95. The number of halogens is 2. The molecule has 18 heavy (non-hydrogen) atoms. The van der Waals surface area contributed by atoms with E-state index in [0.717, 1.165) is 32.4 Å². The molecule has 4 nitrogen and oxygen atoms in total. The van der Waals surface area contributed by atoms with Crippen LogP contribution in [-0.4, -0.2) is 60.1 Å². The van der Waals surface area contributed by atoms with Gasteiger partial charge in [-0.1, -0.05) is 0 Å². The normalized spacial score (nSPS) is 23.4. The van der Waals surface area contributed by atoms with Crippen LogP contribution in [0.4, 0.5) is 13.6 Å². The van der Waals surface area contributed by atoms with Crippen LogP contribution >= 0.6 is 0 Å². The molecular formula is C12H20F2N2O2. The minimum atomic E-state index is -2.24. The minimum absolute atomic E-state index is 0.108. The number of nitrogens with zero attached hydrogens (tertiary/aromatic N) is 2. The smallest absolute Gasteiger partial charge is 0.407 e. The lowest BCUT2D eigenvalue weighted by Crippen LogP contribution is -2.50. The Balaban J connectivity index is 1.61. The van der Waals surface area contributed by atoms with Crippen LogP contribution in [-0.2, 0) is 0 Å². The van der Waals surface area contributed by atoms with Crippen LogP contribution in [0.1, 0.15) is 19.3 Å². The summed E-state index contributed by atoms with van der Waals surface area (Å²) in [6.45, 7) is 2.69. The van der Waals surface area contributed by atoms with Gasteiger partial charge in [0.1, 0.15) is 0 Å². The van der Waals surface area contributed by atoms with Crippen molar-refractivity contribution in [1.29, 1.82) is 0 Å². The van der Waals surface area contributed by atoms with Crippen LogP contribution in [0.2, 0.25) is 0 Å². The van der Waals surface area contributed by atoms with Crippen molar-refractivity contribution in [2.45, 2.75) is 25.7 Å². The van der Waals surface area contributed by atoms with Gasteiger partial charge in [-0.25, -0.2) is 13.6 Å². The topological polar surface area (TPSA) is 43.8 Å². The zero-order valence-electron chi connectivity index (χ0n) is 10.4. The number of carbonyl (C=O) groups is 1. The summed E-state index contributed by atoms with van der Waals surface area (Å²) in [5.41, 5.74) is 0. The summed E-state index contributed by atoms with van der Waals surface area (Å²) < 4.78 is 24.4. The van der Waals surface area contributed by atoms with Crippen LogP contribution in [0.3, 0.4) is 0 Å². The molecular weight excluding hydrogens is 242 g/mol. The monoisotopic (exact) mass is 262 g/mol. The zero-order valence-corrected chi connectivity index (χ0v) is 10.4. The predicted octanol–water partition coefficient (Wildman–Crippen LogP) is 1.96. The van der Waals surface area contributed by atoms with E-state index in [9.17, 15) is 13.6 Å². The lowest BCUT2D eigenvalue weighted by molar-refractivity contribution is 0.0477. The Bertz CT molecular complexity index is 288. The molecule has 6 heteroatoms. The Morgan fingerprint density at radius 3 is 2.33 bits per heavy atom. The second kappa shape index (κ2) is 5.82. The van der Waals surface area contributed by atoms with Crippen molar-refractivity contribution in [2.75, 3.05) is 32.7 Å². The van der Waals surface area contributed by atoms with Crippen molar-refractivity contribution < 1.29 is 18.7 Å². The lowest BCUT2D eigenvalue weighted by atomic mass is 9.84. The van der Waals surface area contributed by atoms with E-state index in [-0.39, 0.29) is 6.54 Å². The van der Waals surface area contributed by atoms with Crippen LogP contribution in [0.5, 0.6) is 0 Å². The van der Waals surface area contributed by atoms with Gasteiger partial charge in [-0.2, -0.15) is 0 Å². The van der Waals surface area contributed by atoms with Gasteiger partial charge in [0.2, 0.25) is 0 Å². The molecule has 0 atom stereocenters. The molecule has 104 valence electrons. The summed E-state index contributed by atoms with van der Waals surface area (Å²) >= 11 is 0. The van der Waals surface area contributed by atoms with E-state index < -0.39 is 12.5 Å². The van der Waals surface area contributed by atoms with Gasteiger partial charge in [0.15, 0.2) is 0 Å². The summed E-state index contributed by atoms with van der Waals surface area (Å²) in [6, 6.07) is 0. The number of hydrogen-bond donors (Lipinski definition) is 1. The Kier molecular flexibility index (Phi) is 4.37. The van der Waals surface area contributed by atoms with Gasteiger partial charge in [0.05, 0.1) is 6.54 Å². The van der Waals surface area contributed by atoms with Gasteiger partial charge in [0.25, 0.3) is 6.43 Å². The summed E-state index contributed by atoms with van der Waals surface area (Å²) in [7, 11) is 0. The molecule has 2 saturated heterocycles. The average molecular weight is 262 g/mol. The Morgan fingerprint density at radius 2 is 1.83 bits per heavy atom. The molecule has 0 saturated carbocycles. The maximum Gasteiger partial charge on any atom is 0.407 e. The van der Waals surface area contributed by atoms with Crippen LogP contribution in [0.25, 0.3) is 0 Å². The van der Waals surface area contributed by atoms with E-state index in [1.807, 2.05) is 4.90 Å². The molecule has 0 unspecified atom stereocenters. The molecule has 2 rings (SSSR count). The molecule has 1 N–H and O–H groups in total. The number of rotatable bonds is 4. The first-order valence-corrected chi connectivity index (χ1v) is 6.53. The molecule has 0 aromatic rings. The number of likely N-dealkylation sites (tertiary alicyclic amines) is 2. The maximum atomic E-state index is 12.2. The molecule has 0 aliphatic carbocycles. The van der Waals surface area contributed by atoms with Crippen molar-refractivity contribution in [2.24, 2.45) is 11.8 Å². The summed E-state index contributed by atoms with van der Waals surface area (Å²) in [5.74, 6) is 1.06. The summed E-state index contributed by atoms with van der Waals surface area (Å²) in [4.78, 5) is 13.9. The van der Waals surface area contributed by atoms with Crippen LogP contribution < -0.4 is 0 Å². The third kappa shape index (κ3) is 3.54. The maximum absolute atomic E-state index is 12.2. The first-order valence-electron chi connectivity index (χ1n) is 6.53. The van der Waals surface area contributed by atoms with E-state index in [1.165, 1.54) is 4.90 Å². The van der Waals surface area contributed by atoms with Gasteiger partial charge in [-0.15, -0.1) is 0 Å². The number of amides is 1. The lowest BCUT2D eigenvalue weighted by Gasteiger charge is -2.40. The van der Waals surface area contributed by atoms with Crippen LogP contribution in [0, 0.1) is 11.8 Å². The zero-order chi connectivity index (χ0) is 13.1. The van der Waals surface area contributed by atoms with Crippen LogP contribution in [0.15, 0.2) is 0 Å². The Hall–Kier alpha value is -0.910. The highest BCUT2D eigenvalue weighted by molar-refractivity contribution is 5.65. The molecule has 0 bridgehead atoms. The largest absolute Gasteiger partial charge is 0.465 e. The van der Waals surface area contributed by atoms with E-state index >= 15 is 0 Å². The van der Waals surface area contributed by atoms with Crippen molar-refractivity contribution in [3.05, 3.63) is 0 Å². The SMILES string of the molecule is O=C(O)N1CC(CC2CCN(CC(F)F)CC2)C1. The fourth-order valence-electron chi connectivity index (χ4n) is 2.95. The van der Waals surface area contributed by atoms with E-state index in [0.29, 0.717) is 24.9 Å². The predicted molar refractivity (Wildman–Crippen MR) is 62.9 cm³/mol. The van der Waals surface area contributed by atoms with E-state index in [2.05, 4.69) is 0 Å². The highest BCUT2D eigenvalue weighted by Crippen LogP contribution is 2.29. The Morgan fingerprint density at radius 1 is 1.22 bits per heavy atom. The Labute approximate surface area is 106 Å². The molecule has 2 heterocycles. The first kappa shape index (κ1) is 13.5. The highest BCUT2D eigenvalue weighted by Gasteiger charge is 2.33. The van der Waals surface area contributed by atoms with Gasteiger partial charge in [-0.05, 0) is 44.2 Å². The fraction of sp³-hybridized carbons (Fsp3) is 0.917.